The van der Waals surface area contributed by atoms with Gasteiger partial charge in [-0.3, -0.25) is 0 Å². The van der Waals surface area contributed by atoms with Crippen LogP contribution in [0.25, 0.3) is 0 Å². The first-order valence-electron chi connectivity index (χ1n) is 26.6. The lowest BCUT2D eigenvalue weighted by atomic mass is 9.80. The van der Waals surface area contributed by atoms with E-state index in [2.05, 4.69) is 129 Å². The molecule has 61 heavy (non-hydrogen) atoms. The Morgan fingerprint density at radius 1 is 0.262 bits per heavy atom. The molecule has 0 aliphatic carbocycles. The lowest BCUT2D eigenvalue weighted by molar-refractivity contribution is -0.233. The van der Waals surface area contributed by atoms with Crippen LogP contribution in [0.2, 0.25) is 0 Å². The summed E-state index contributed by atoms with van der Waals surface area (Å²) in [6.07, 6.45) is 28.1. The molecule has 0 aromatic rings. The zero-order chi connectivity index (χ0) is 46.3. The fourth-order valence-electron chi connectivity index (χ4n) is 12.4. The number of hydrogen-bond donors (Lipinski definition) is 0. The Morgan fingerprint density at radius 2 is 0.443 bits per heavy atom. The fourth-order valence-corrected chi connectivity index (χ4v) is 13.1. The van der Waals surface area contributed by atoms with Gasteiger partial charge >= 0.3 is 0 Å². The molecule has 0 spiro atoms. The number of methoxy groups -OCH3 is 2. The molecule has 0 bridgehead atoms. The quantitative estimate of drug-likeness (QED) is 0.0451. The lowest BCUT2D eigenvalue weighted by Crippen LogP contribution is -2.25. The van der Waals surface area contributed by atoms with Crippen molar-refractivity contribution in [2.45, 2.75) is 251 Å². The molecule has 0 saturated heterocycles. The summed E-state index contributed by atoms with van der Waals surface area (Å²) in [7, 11) is 3.59. The van der Waals surface area contributed by atoms with Gasteiger partial charge < -0.3 is 14.2 Å². The van der Waals surface area contributed by atoms with Crippen LogP contribution in [0.5, 0.6) is 0 Å². The average Bonchev–Trinajstić information content (AvgIpc) is 3.14. The lowest BCUT2D eigenvalue weighted by Gasteiger charge is -2.26. The van der Waals surface area contributed by atoms with Crippen LogP contribution in [0.3, 0.4) is 0 Å². The smallest absolute Gasteiger partial charge is 0.160 e. The van der Waals surface area contributed by atoms with E-state index in [0.29, 0.717) is 0 Å². The van der Waals surface area contributed by atoms with Crippen molar-refractivity contribution in [1.29, 1.82) is 0 Å². The average molecular weight is 993 g/mol. The highest BCUT2D eigenvalue weighted by molar-refractivity contribution is 9.09. The predicted octanol–water partition coefficient (Wildman–Crippen LogP) is 19.2. The Kier molecular flexibility index (Phi) is 38.4. The zero-order valence-electron chi connectivity index (χ0n) is 44.2. The molecule has 0 saturated carbocycles. The van der Waals surface area contributed by atoms with Gasteiger partial charge in [-0.2, -0.15) is 0 Å². The molecule has 0 aliphatic rings. The van der Waals surface area contributed by atoms with E-state index in [-0.39, 0.29) is 12.6 Å². The van der Waals surface area contributed by atoms with Crippen LogP contribution in [0, 0.1) is 82.9 Å². The molecule has 16 atom stereocenters. The van der Waals surface area contributed by atoms with Crippen LogP contribution in [0.4, 0.5) is 0 Å². The Morgan fingerprint density at radius 3 is 0.623 bits per heavy atom. The number of halogens is 2. The summed E-state index contributed by atoms with van der Waals surface area (Å²) in [6, 6.07) is 0. The van der Waals surface area contributed by atoms with E-state index in [1.54, 1.807) is 14.2 Å². The van der Waals surface area contributed by atoms with Crippen molar-refractivity contribution in [3.63, 3.8) is 0 Å². The molecule has 0 heterocycles. The summed E-state index contributed by atoms with van der Waals surface area (Å²) in [6.45, 7) is 34.8. The Bertz CT molecular complexity index is 890. The van der Waals surface area contributed by atoms with Crippen LogP contribution < -0.4 is 0 Å². The Labute approximate surface area is 402 Å². The summed E-state index contributed by atoms with van der Waals surface area (Å²) in [5, 5.41) is 2.29. The largest absolute Gasteiger partial charge is 0.356 e. The molecular formula is C56H112Br2O3. The minimum atomic E-state index is -0.186. The van der Waals surface area contributed by atoms with Gasteiger partial charge in [-0.25, -0.2) is 0 Å². The van der Waals surface area contributed by atoms with Gasteiger partial charge in [-0.05, 0) is 211 Å². The van der Waals surface area contributed by atoms with Crippen LogP contribution in [-0.2, 0) is 14.2 Å². The molecule has 0 fully saturated rings. The predicted molar refractivity (Wildman–Crippen MR) is 280 cm³/mol. The summed E-state index contributed by atoms with van der Waals surface area (Å²) >= 11 is 7.20. The van der Waals surface area contributed by atoms with Crippen molar-refractivity contribution in [3.05, 3.63) is 0 Å². The van der Waals surface area contributed by atoms with Crippen molar-refractivity contribution in [1.82, 2.24) is 0 Å². The van der Waals surface area contributed by atoms with Crippen molar-refractivity contribution >= 4 is 31.9 Å². The zero-order valence-corrected chi connectivity index (χ0v) is 47.4. The van der Waals surface area contributed by atoms with Gasteiger partial charge in [0.2, 0.25) is 0 Å². The third-order valence-corrected chi connectivity index (χ3v) is 15.5. The number of rotatable bonds is 42. The van der Waals surface area contributed by atoms with Crippen LogP contribution in [-0.4, -0.2) is 37.5 Å². The molecule has 0 amide bonds. The van der Waals surface area contributed by atoms with Crippen LogP contribution in [0.15, 0.2) is 0 Å². The second kappa shape index (κ2) is 37.9. The molecule has 0 aliphatic heterocycles. The maximum atomic E-state index is 6.36. The van der Waals surface area contributed by atoms with E-state index < -0.39 is 0 Å². The highest BCUT2D eigenvalue weighted by Gasteiger charge is 2.22. The van der Waals surface area contributed by atoms with E-state index in [9.17, 15) is 0 Å². The summed E-state index contributed by atoms with van der Waals surface area (Å²) in [5.74, 6) is 11.4. The first-order chi connectivity index (χ1) is 28.8. The van der Waals surface area contributed by atoms with Gasteiger partial charge in [0.25, 0.3) is 0 Å². The highest BCUT2D eigenvalue weighted by atomic mass is 79.9. The van der Waals surface area contributed by atoms with Gasteiger partial charge in [0, 0.05) is 24.9 Å². The van der Waals surface area contributed by atoms with E-state index in [1.807, 2.05) is 0 Å². The first-order valence-corrected chi connectivity index (χ1v) is 28.9. The molecule has 16 unspecified atom stereocenters. The van der Waals surface area contributed by atoms with Gasteiger partial charge in [-0.15, -0.1) is 0 Å². The van der Waals surface area contributed by atoms with E-state index in [1.165, 1.54) is 116 Å². The third-order valence-electron chi connectivity index (χ3n) is 14.4. The van der Waals surface area contributed by atoms with Crippen LogP contribution >= 0.6 is 31.9 Å². The topological polar surface area (TPSA) is 27.7 Å². The molecule has 0 aromatic heterocycles. The molecule has 368 valence electrons. The second-order valence-electron chi connectivity index (χ2n) is 23.3. The summed E-state index contributed by atoms with van der Waals surface area (Å²) in [5.41, 5.74) is 0. The monoisotopic (exact) mass is 991 g/mol. The number of ether oxygens (including phenoxy) is 3. The highest BCUT2D eigenvalue weighted by Crippen LogP contribution is 2.33. The number of alkyl halides is 2. The molecule has 0 radical (unpaired) electrons. The SMILES string of the molecule is COC(CCCC(C)CC(C)CC(C)CC(C)CC(C)CC(C)CC(C)CCCBr)OC(CCCC(C)CC(C)CC(C)CC(C)CC(C)CC(C)CC(C)CCCBr)OC. The second-order valence-corrected chi connectivity index (χ2v) is 24.9. The van der Waals surface area contributed by atoms with E-state index >= 15 is 0 Å². The standard InChI is InChI=1S/C56H112Br2O3/c1-41(29-45(5)33-49(9)37-53(13)39-51(11)35-47(7)31-43(3)23-19-27-57)21-17-25-55(59-15)61-56(60-16)26-18-22-42(2)30-46(6)34-50(10)38-54(14)40-52(12)36-48(8)32-44(4)24-20-28-58/h41-56H,17-40H2,1-16H3. The summed E-state index contributed by atoms with van der Waals surface area (Å²) < 4.78 is 18.0. The molecular weight excluding hydrogens is 880 g/mol. The minimum absolute atomic E-state index is 0.186. The summed E-state index contributed by atoms with van der Waals surface area (Å²) in [4.78, 5) is 0. The first kappa shape index (κ1) is 61.8. The Balaban J connectivity index is 4.38. The Hall–Kier alpha value is 0.840. The van der Waals surface area contributed by atoms with Gasteiger partial charge in [-0.1, -0.05) is 142 Å². The van der Waals surface area contributed by atoms with Gasteiger partial charge in [0.05, 0.1) is 0 Å². The van der Waals surface area contributed by atoms with Gasteiger partial charge in [0.15, 0.2) is 12.6 Å². The number of hydrogen-bond acceptors (Lipinski definition) is 3. The molecule has 5 heteroatoms. The van der Waals surface area contributed by atoms with Crippen molar-refractivity contribution < 1.29 is 14.2 Å². The van der Waals surface area contributed by atoms with Gasteiger partial charge in [0.1, 0.15) is 0 Å². The molecule has 0 rings (SSSR count). The van der Waals surface area contributed by atoms with E-state index in [0.717, 1.165) is 119 Å². The maximum absolute atomic E-state index is 6.36. The normalized spacial score (nSPS) is 20.4. The third kappa shape index (κ3) is 35.7. The molecule has 0 aromatic carbocycles. The maximum Gasteiger partial charge on any atom is 0.160 e. The van der Waals surface area contributed by atoms with Crippen LogP contribution in [0.1, 0.15) is 238 Å². The van der Waals surface area contributed by atoms with Crippen molar-refractivity contribution in [2.75, 3.05) is 24.9 Å². The fraction of sp³-hybridized carbons (Fsp3) is 1.00. The van der Waals surface area contributed by atoms with Crippen molar-refractivity contribution in [3.8, 4) is 0 Å². The molecule has 0 N–H and O–H groups in total. The molecule has 3 nitrogen and oxygen atoms in total. The minimum Gasteiger partial charge on any atom is -0.356 e. The van der Waals surface area contributed by atoms with E-state index in [4.69, 9.17) is 14.2 Å². The van der Waals surface area contributed by atoms with Crippen molar-refractivity contribution in [2.24, 2.45) is 82.9 Å².